The lowest BCUT2D eigenvalue weighted by molar-refractivity contribution is -0.138. The van der Waals surface area contributed by atoms with E-state index in [0.29, 0.717) is 4.34 Å². The van der Waals surface area contributed by atoms with Gasteiger partial charge in [0.1, 0.15) is 4.34 Å². The van der Waals surface area contributed by atoms with Crippen LogP contribution in [0, 0.1) is 0 Å². The first-order chi connectivity index (χ1) is 9.08. The second-order valence-corrected chi connectivity index (χ2v) is 7.37. The van der Waals surface area contributed by atoms with Gasteiger partial charge in [0.2, 0.25) is 0 Å². The molecule has 1 atom stereocenters. The number of carboxylic acid groups (broad SMARTS) is 1. The Morgan fingerprint density at radius 3 is 2.53 bits per heavy atom. The second kappa shape index (κ2) is 7.07. The van der Waals surface area contributed by atoms with Crippen molar-refractivity contribution in [1.29, 1.82) is 0 Å². The normalized spacial score (nSPS) is 19.1. The molecular weight excluding hydrogens is 350 g/mol. The molecule has 1 aliphatic heterocycles. The Morgan fingerprint density at radius 1 is 1.42 bits per heavy atom. The zero-order valence-electron chi connectivity index (χ0n) is 10.6. The van der Waals surface area contributed by atoms with Crippen molar-refractivity contribution in [3.8, 4) is 0 Å². The summed E-state index contributed by atoms with van der Waals surface area (Å²) >= 11 is 11.0. The van der Waals surface area contributed by atoms with Crippen LogP contribution in [0.15, 0.2) is 10.5 Å². The molecule has 1 aromatic heterocycles. The average molecular weight is 367 g/mol. The molecule has 6 heteroatoms. The van der Waals surface area contributed by atoms with E-state index in [0.717, 1.165) is 35.3 Å². The number of hydrogen-bond donors (Lipinski definition) is 1. The van der Waals surface area contributed by atoms with Crippen LogP contribution in [0.5, 0.6) is 0 Å². The standard InChI is InChI=1S/C13H17BrClNO2S/c14-9-7-11(19-13(9)15)10(8-12(17)18)16-5-3-1-2-4-6-16/h7,10H,1-6,8H2,(H,17,18). The first-order valence-corrected chi connectivity index (χ1v) is 8.47. The van der Waals surface area contributed by atoms with Crippen LogP contribution in [0.3, 0.4) is 0 Å². The first kappa shape index (κ1) is 15.3. The van der Waals surface area contributed by atoms with Crippen LogP contribution >= 0.6 is 38.9 Å². The van der Waals surface area contributed by atoms with Gasteiger partial charge in [0.05, 0.1) is 12.5 Å². The predicted molar refractivity (Wildman–Crippen MR) is 82.1 cm³/mol. The van der Waals surface area contributed by atoms with Crippen LogP contribution in [-0.2, 0) is 4.79 Å². The second-order valence-electron chi connectivity index (χ2n) is 4.83. The van der Waals surface area contributed by atoms with Crippen molar-refractivity contribution >= 4 is 44.8 Å². The molecule has 1 unspecified atom stereocenters. The maximum Gasteiger partial charge on any atom is 0.305 e. The number of carboxylic acids is 1. The molecule has 0 aliphatic carbocycles. The molecule has 1 aliphatic rings. The van der Waals surface area contributed by atoms with Gasteiger partial charge in [-0.25, -0.2) is 0 Å². The summed E-state index contributed by atoms with van der Waals surface area (Å²) in [6, 6.07) is 1.91. The van der Waals surface area contributed by atoms with E-state index in [4.69, 9.17) is 16.7 Å². The van der Waals surface area contributed by atoms with Crippen molar-refractivity contribution in [2.45, 2.75) is 38.1 Å². The molecule has 1 saturated heterocycles. The molecular formula is C13H17BrClNO2S. The lowest BCUT2D eigenvalue weighted by atomic mass is 10.1. The number of rotatable bonds is 4. The predicted octanol–water partition coefficient (Wildman–Crippen LogP) is 4.56. The van der Waals surface area contributed by atoms with Gasteiger partial charge in [-0.2, -0.15) is 0 Å². The number of likely N-dealkylation sites (tertiary alicyclic amines) is 1. The van der Waals surface area contributed by atoms with Gasteiger partial charge in [-0.15, -0.1) is 11.3 Å². The van der Waals surface area contributed by atoms with E-state index in [1.165, 1.54) is 24.2 Å². The number of nitrogens with zero attached hydrogens (tertiary/aromatic N) is 1. The van der Waals surface area contributed by atoms with Crippen LogP contribution in [-0.4, -0.2) is 29.1 Å². The van der Waals surface area contributed by atoms with Gasteiger partial charge in [-0.1, -0.05) is 24.4 Å². The molecule has 2 rings (SSSR count). The molecule has 0 saturated carbocycles. The third kappa shape index (κ3) is 4.18. The largest absolute Gasteiger partial charge is 0.481 e. The summed E-state index contributed by atoms with van der Waals surface area (Å²) in [6.07, 6.45) is 4.92. The molecule has 0 amide bonds. The summed E-state index contributed by atoms with van der Waals surface area (Å²) in [5.41, 5.74) is 0. The van der Waals surface area contributed by atoms with Crippen molar-refractivity contribution in [3.63, 3.8) is 0 Å². The fourth-order valence-electron chi connectivity index (χ4n) is 2.51. The summed E-state index contributed by atoms with van der Waals surface area (Å²) in [5.74, 6) is -0.755. The van der Waals surface area contributed by atoms with E-state index in [1.807, 2.05) is 6.07 Å². The molecule has 1 aromatic rings. The summed E-state index contributed by atoms with van der Waals surface area (Å²) in [6.45, 7) is 1.95. The Hall–Kier alpha value is -0.100. The lowest BCUT2D eigenvalue weighted by Crippen LogP contribution is -2.30. The lowest BCUT2D eigenvalue weighted by Gasteiger charge is -2.28. The number of carbonyl (C=O) groups is 1. The van der Waals surface area contributed by atoms with Gasteiger partial charge < -0.3 is 5.11 Å². The molecule has 1 fully saturated rings. The molecule has 106 valence electrons. The van der Waals surface area contributed by atoms with E-state index in [2.05, 4.69) is 20.8 Å². The highest BCUT2D eigenvalue weighted by Gasteiger charge is 2.26. The maximum absolute atomic E-state index is 11.1. The highest BCUT2D eigenvalue weighted by Crippen LogP contribution is 2.39. The smallest absolute Gasteiger partial charge is 0.305 e. The van der Waals surface area contributed by atoms with Crippen LogP contribution in [0.25, 0.3) is 0 Å². The highest BCUT2D eigenvalue weighted by molar-refractivity contribution is 9.10. The van der Waals surface area contributed by atoms with Crippen molar-refractivity contribution < 1.29 is 9.90 Å². The Bertz CT molecular complexity index is 424. The molecule has 1 N–H and O–H groups in total. The topological polar surface area (TPSA) is 40.5 Å². The summed E-state index contributed by atoms with van der Waals surface area (Å²) in [4.78, 5) is 14.5. The van der Waals surface area contributed by atoms with Crippen molar-refractivity contribution in [2.24, 2.45) is 0 Å². The Kier molecular flexibility index (Phi) is 5.69. The van der Waals surface area contributed by atoms with E-state index in [9.17, 15) is 4.79 Å². The maximum atomic E-state index is 11.1. The molecule has 3 nitrogen and oxygen atoms in total. The average Bonchev–Trinajstić information content (AvgIpc) is 2.59. The molecule has 0 aromatic carbocycles. The SMILES string of the molecule is O=C(O)CC(c1cc(Br)c(Cl)s1)N1CCCCCC1. The van der Waals surface area contributed by atoms with Crippen LogP contribution in [0.1, 0.15) is 43.0 Å². The summed E-state index contributed by atoms with van der Waals surface area (Å²) in [7, 11) is 0. The number of thiophene rings is 1. The first-order valence-electron chi connectivity index (χ1n) is 6.48. The third-order valence-corrected chi connectivity index (χ3v) is 6.02. The van der Waals surface area contributed by atoms with Gasteiger partial charge in [0.25, 0.3) is 0 Å². The Balaban J connectivity index is 2.21. The van der Waals surface area contributed by atoms with E-state index in [-0.39, 0.29) is 12.5 Å². The van der Waals surface area contributed by atoms with Crippen LogP contribution in [0.2, 0.25) is 4.34 Å². The Morgan fingerprint density at radius 2 is 2.05 bits per heavy atom. The van der Waals surface area contributed by atoms with Gasteiger partial charge in [-0.3, -0.25) is 9.69 Å². The molecule has 19 heavy (non-hydrogen) atoms. The fraction of sp³-hybridized carbons (Fsp3) is 0.615. The minimum Gasteiger partial charge on any atom is -0.481 e. The Labute approximate surface area is 130 Å². The van der Waals surface area contributed by atoms with Crippen molar-refractivity contribution in [3.05, 3.63) is 19.8 Å². The van der Waals surface area contributed by atoms with Crippen LogP contribution < -0.4 is 0 Å². The van der Waals surface area contributed by atoms with Crippen molar-refractivity contribution in [2.75, 3.05) is 13.1 Å². The van der Waals surface area contributed by atoms with E-state index < -0.39 is 5.97 Å². The van der Waals surface area contributed by atoms with Crippen molar-refractivity contribution in [1.82, 2.24) is 4.90 Å². The van der Waals surface area contributed by atoms with E-state index >= 15 is 0 Å². The number of aliphatic carboxylic acids is 1. The molecule has 2 heterocycles. The third-order valence-electron chi connectivity index (χ3n) is 3.44. The molecule has 0 spiro atoms. The quantitative estimate of drug-likeness (QED) is 0.849. The van der Waals surface area contributed by atoms with Gasteiger partial charge in [0.15, 0.2) is 0 Å². The highest BCUT2D eigenvalue weighted by atomic mass is 79.9. The zero-order valence-corrected chi connectivity index (χ0v) is 13.7. The zero-order chi connectivity index (χ0) is 13.8. The number of halogens is 2. The number of hydrogen-bond acceptors (Lipinski definition) is 3. The minimum absolute atomic E-state index is 0.0515. The summed E-state index contributed by atoms with van der Waals surface area (Å²) in [5, 5.41) is 9.16. The van der Waals surface area contributed by atoms with Crippen LogP contribution in [0.4, 0.5) is 0 Å². The monoisotopic (exact) mass is 365 g/mol. The minimum atomic E-state index is -0.755. The molecule has 0 radical (unpaired) electrons. The summed E-state index contributed by atoms with van der Waals surface area (Å²) < 4.78 is 1.56. The fourth-order valence-corrected chi connectivity index (χ4v) is 4.38. The van der Waals surface area contributed by atoms with Gasteiger partial charge >= 0.3 is 5.97 Å². The van der Waals surface area contributed by atoms with E-state index in [1.54, 1.807) is 0 Å². The molecule has 0 bridgehead atoms. The van der Waals surface area contributed by atoms with Gasteiger partial charge in [0, 0.05) is 9.35 Å². The van der Waals surface area contributed by atoms with Gasteiger partial charge in [-0.05, 0) is 47.9 Å².